The smallest absolute Gasteiger partial charge is 0.0556 e. The molecule has 0 heterocycles. The lowest BCUT2D eigenvalue weighted by Gasteiger charge is -2.20. The highest BCUT2D eigenvalue weighted by atomic mass is 14.6. The van der Waals surface area contributed by atoms with E-state index < -0.39 is 0 Å². The molecule has 1 heteroatoms. The minimum atomic E-state index is -0.0448. The summed E-state index contributed by atoms with van der Waals surface area (Å²) in [6.07, 6.45) is 1.17. The predicted molar refractivity (Wildman–Crippen MR) is 91.8 cm³/mol. The second kappa shape index (κ2) is 6.44. The maximum Gasteiger partial charge on any atom is 0.0556 e. The zero-order valence-electron chi connectivity index (χ0n) is 13.9. The first-order chi connectivity index (χ1) is 9.93. The molecule has 0 saturated heterocycles. The Hall–Kier alpha value is -1.60. The van der Waals surface area contributed by atoms with Crippen molar-refractivity contribution in [3.8, 4) is 0 Å². The third-order valence-corrected chi connectivity index (χ3v) is 4.53. The minimum Gasteiger partial charge on any atom is -0.320 e. The molecule has 2 rings (SSSR count). The molecule has 0 saturated carbocycles. The summed E-state index contributed by atoms with van der Waals surface area (Å²) in [5.74, 6) is 0.609. The SMILES string of the molecule is CCC(C)c1ccc(C(N)c2c(C)cc(C)cc2C)cc1. The quantitative estimate of drug-likeness (QED) is 0.821. The first kappa shape index (κ1) is 15.8. The van der Waals surface area contributed by atoms with Gasteiger partial charge in [-0.05, 0) is 60.9 Å². The molecule has 0 aromatic heterocycles. The molecule has 2 N–H and O–H groups in total. The van der Waals surface area contributed by atoms with E-state index in [1.165, 1.54) is 39.8 Å². The monoisotopic (exact) mass is 281 g/mol. The Kier molecular flexibility index (Phi) is 4.84. The Morgan fingerprint density at radius 2 is 1.38 bits per heavy atom. The van der Waals surface area contributed by atoms with Gasteiger partial charge in [0.05, 0.1) is 6.04 Å². The van der Waals surface area contributed by atoms with Gasteiger partial charge in [0.15, 0.2) is 0 Å². The van der Waals surface area contributed by atoms with Crippen LogP contribution in [0.1, 0.15) is 65.6 Å². The Bertz CT molecular complexity index is 587. The fourth-order valence-corrected chi connectivity index (χ4v) is 3.12. The van der Waals surface area contributed by atoms with Gasteiger partial charge >= 0.3 is 0 Å². The van der Waals surface area contributed by atoms with Crippen molar-refractivity contribution in [2.75, 3.05) is 0 Å². The maximum atomic E-state index is 6.53. The first-order valence-corrected chi connectivity index (χ1v) is 7.87. The molecular weight excluding hydrogens is 254 g/mol. The Labute approximate surface area is 129 Å². The number of aryl methyl sites for hydroxylation is 3. The van der Waals surface area contributed by atoms with Crippen molar-refractivity contribution in [1.82, 2.24) is 0 Å². The molecule has 0 aliphatic rings. The topological polar surface area (TPSA) is 26.0 Å². The van der Waals surface area contributed by atoms with Crippen molar-refractivity contribution < 1.29 is 0 Å². The maximum absolute atomic E-state index is 6.53. The zero-order chi connectivity index (χ0) is 15.6. The van der Waals surface area contributed by atoms with E-state index in [9.17, 15) is 0 Å². The van der Waals surface area contributed by atoms with Gasteiger partial charge in [-0.25, -0.2) is 0 Å². The molecule has 112 valence electrons. The summed E-state index contributed by atoms with van der Waals surface area (Å²) in [4.78, 5) is 0. The van der Waals surface area contributed by atoms with Gasteiger partial charge in [0.1, 0.15) is 0 Å². The van der Waals surface area contributed by atoms with Crippen LogP contribution in [0, 0.1) is 20.8 Å². The van der Waals surface area contributed by atoms with Gasteiger partial charge in [0, 0.05) is 0 Å². The lowest BCUT2D eigenvalue weighted by Crippen LogP contribution is -2.15. The molecule has 0 amide bonds. The third kappa shape index (κ3) is 3.36. The van der Waals surface area contributed by atoms with E-state index >= 15 is 0 Å². The van der Waals surface area contributed by atoms with E-state index in [0.29, 0.717) is 5.92 Å². The fraction of sp³-hybridized carbons (Fsp3) is 0.400. The molecule has 1 nitrogen and oxygen atoms in total. The highest BCUT2D eigenvalue weighted by Gasteiger charge is 2.15. The average molecular weight is 281 g/mol. The van der Waals surface area contributed by atoms with E-state index in [4.69, 9.17) is 5.73 Å². The fourth-order valence-electron chi connectivity index (χ4n) is 3.12. The van der Waals surface area contributed by atoms with Crippen LogP contribution in [0.15, 0.2) is 36.4 Å². The number of hydrogen-bond donors (Lipinski definition) is 1. The van der Waals surface area contributed by atoms with Crippen LogP contribution >= 0.6 is 0 Å². The second-order valence-electron chi connectivity index (χ2n) is 6.27. The summed E-state index contributed by atoms with van der Waals surface area (Å²) in [5.41, 5.74) is 14.2. The van der Waals surface area contributed by atoms with Crippen molar-refractivity contribution in [2.45, 2.75) is 53.0 Å². The molecule has 0 fully saturated rings. The summed E-state index contributed by atoms with van der Waals surface area (Å²) in [5, 5.41) is 0. The molecule has 2 aromatic carbocycles. The van der Waals surface area contributed by atoms with E-state index in [2.05, 4.69) is 71.0 Å². The second-order valence-corrected chi connectivity index (χ2v) is 6.27. The van der Waals surface area contributed by atoms with Crippen LogP contribution < -0.4 is 5.73 Å². The Balaban J connectivity index is 2.34. The number of rotatable bonds is 4. The van der Waals surface area contributed by atoms with Crippen molar-refractivity contribution >= 4 is 0 Å². The van der Waals surface area contributed by atoms with Crippen LogP contribution in [0.3, 0.4) is 0 Å². The van der Waals surface area contributed by atoms with Crippen LogP contribution in [-0.4, -0.2) is 0 Å². The summed E-state index contributed by atoms with van der Waals surface area (Å²) >= 11 is 0. The highest BCUT2D eigenvalue weighted by Crippen LogP contribution is 2.28. The van der Waals surface area contributed by atoms with Gasteiger partial charge in [0.25, 0.3) is 0 Å². The molecule has 21 heavy (non-hydrogen) atoms. The third-order valence-electron chi connectivity index (χ3n) is 4.53. The summed E-state index contributed by atoms with van der Waals surface area (Å²) in [6, 6.07) is 13.2. The molecule has 0 spiro atoms. The van der Waals surface area contributed by atoms with Crippen LogP contribution in [0.4, 0.5) is 0 Å². The lowest BCUT2D eigenvalue weighted by molar-refractivity contribution is 0.732. The highest BCUT2D eigenvalue weighted by molar-refractivity contribution is 5.44. The van der Waals surface area contributed by atoms with Gasteiger partial charge in [-0.3, -0.25) is 0 Å². The van der Waals surface area contributed by atoms with Gasteiger partial charge in [-0.1, -0.05) is 55.8 Å². The summed E-state index contributed by atoms with van der Waals surface area (Å²) in [7, 11) is 0. The first-order valence-electron chi connectivity index (χ1n) is 7.87. The Morgan fingerprint density at radius 1 is 0.905 bits per heavy atom. The summed E-state index contributed by atoms with van der Waals surface area (Å²) in [6.45, 7) is 10.9. The van der Waals surface area contributed by atoms with Crippen LogP contribution in [-0.2, 0) is 0 Å². The van der Waals surface area contributed by atoms with Crippen LogP contribution in [0.5, 0.6) is 0 Å². The molecular formula is C20H27N. The van der Waals surface area contributed by atoms with Crippen LogP contribution in [0.25, 0.3) is 0 Å². The van der Waals surface area contributed by atoms with Crippen molar-refractivity contribution in [3.05, 3.63) is 69.8 Å². The molecule has 2 atom stereocenters. The van der Waals surface area contributed by atoms with E-state index in [1.807, 2.05) is 0 Å². The van der Waals surface area contributed by atoms with Crippen molar-refractivity contribution in [1.29, 1.82) is 0 Å². The van der Waals surface area contributed by atoms with E-state index in [1.54, 1.807) is 0 Å². The normalized spacial score (nSPS) is 14.0. The van der Waals surface area contributed by atoms with Crippen molar-refractivity contribution in [2.24, 2.45) is 5.73 Å². The van der Waals surface area contributed by atoms with E-state index in [0.717, 1.165) is 0 Å². The minimum absolute atomic E-state index is 0.0448. The van der Waals surface area contributed by atoms with E-state index in [-0.39, 0.29) is 6.04 Å². The largest absolute Gasteiger partial charge is 0.320 e. The van der Waals surface area contributed by atoms with Gasteiger partial charge in [-0.15, -0.1) is 0 Å². The molecule has 0 aliphatic heterocycles. The molecule has 2 aromatic rings. The van der Waals surface area contributed by atoms with Gasteiger partial charge < -0.3 is 5.73 Å². The lowest BCUT2D eigenvalue weighted by atomic mass is 9.89. The number of hydrogen-bond acceptors (Lipinski definition) is 1. The number of benzene rings is 2. The van der Waals surface area contributed by atoms with Crippen LogP contribution in [0.2, 0.25) is 0 Å². The standard InChI is InChI=1S/C20H27N/c1-6-14(3)17-7-9-18(10-8-17)20(21)19-15(4)11-13(2)12-16(19)5/h7-12,14,20H,6,21H2,1-5H3. The van der Waals surface area contributed by atoms with Gasteiger partial charge in [-0.2, -0.15) is 0 Å². The molecule has 0 aliphatic carbocycles. The zero-order valence-corrected chi connectivity index (χ0v) is 13.9. The molecule has 0 bridgehead atoms. The Morgan fingerprint density at radius 3 is 1.86 bits per heavy atom. The molecule has 0 radical (unpaired) electrons. The van der Waals surface area contributed by atoms with Crippen molar-refractivity contribution in [3.63, 3.8) is 0 Å². The van der Waals surface area contributed by atoms with Gasteiger partial charge in [0.2, 0.25) is 0 Å². The predicted octanol–water partition coefficient (Wildman–Crippen LogP) is 5.17. The number of nitrogens with two attached hydrogens (primary N) is 1. The molecule has 2 unspecified atom stereocenters. The average Bonchev–Trinajstić information content (AvgIpc) is 2.45. The summed E-state index contributed by atoms with van der Waals surface area (Å²) < 4.78 is 0.